The molecule has 1 heterocycles. The summed E-state index contributed by atoms with van der Waals surface area (Å²) in [6.45, 7) is 0. The van der Waals surface area contributed by atoms with Gasteiger partial charge < -0.3 is 0 Å². The lowest BCUT2D eigenvalue weighted by molar-refractivity contribution is 0.803. The molecule has 0 N–H and O–H groups in total. The SMILES string of the molecule is ClC(CCc1ccc(Br)s1)c1ccccc1. The predicted octanol–water partition coefficient (Wildman–Crippen LogP) is 5.42. The van der Waals surface area contributed by atoms with Crippen molar-refractivity contribution in [1.82, 2.24) is 0 Å². The summed E-state index contributed by atoms with van der Waals surface area (Å²) in [6, 6.07) is 14.5. The van der Waals surface area contributed by atoms with Crippen molar-refractivity contribution in [3.8, 4) is 0 Å². The second-order valence-corrected chi connectivity index (χ2v) is 6.70. The maximum absolute atomic E-state index is 6.36. The highest BCUT2D eigenvalue weighted by molar-refractivity contribution is 9.11. The van der Waals surface area contributed by atoms with Gasteiger partial charge in [-0.3, -0.25) is 0 Å². The van der Waals surface area contributed by atoms with Crippen molar-refractivity contribution in [2.45, 2.75) is 18.2 Å². The summed E-state index contributed by atoms with van der Waals surface area (Å²) < 4.78 is 1.19. The molecule has 1 aromatic heterocycles. The van der Waals surface area contributed by atoms with Crippen molar-refractivity contribution in [2.75, 3.05) is 0 Å². The van der Waals surface area contributed by atoms with Crippen molar-refractivity contribution in [1.29, 1.82) is 0 Å². The summed E-state index contributed by atoms with van der Waals surface area (Å²) in [7, 11) is 0. The van der Waals surface area contributed by atoms with Crippen LogP contribution in [0.25, 0.3) is 0 Å². The van der Waals surface area contributed by atoms with Gasteiger partial charge in [0.15, 0.2) is 0 Å². The van der Waals surface area contributed by atoms with Crippen LogP contribution in [0.4, 0.5) is 0 Å². The van der Waals surface area contributed by atoms with Crippen molar-refractivity contribution >= 4 is 38.9 Å². The molecule has 0 saturated heterocycles. The molecule has 0 aliphatic rings. The zero-order valence-corrected chi connectivity index (χ0v) is 11.9. The van der Waals surface area contributed by atoms with Crippen LogP contribution in [0.15, 0.2) is 46.3 Å². The average molecular weight is 316 g/mol. The van der Waals surface area contributed by atoms with E-state index in [1.807, 2.05) is 18.2 Å². The lowest BCUT2D eigenvalue weighted by Crippen LogP contribution is -1.92. The van der Waals surface area contributed by atoms with Gasteiger partial charge in [-0.2, -0.15) is 0 Å². The van der Waals surface area contributed by atoms with Gasteiger partial charge in [-0.15, -0.1) is 22.9 Å². The highest BCUT2D eigenvalue weighted by atomic mass is 79.9. The van der Waals surface area contributed by atoms with E-state index in [-0.39, 0.29) is 5.38 Å². The van der Waals surface area contributed by atoms with Crippen molar-refractivity contribution in [2.24, 2.45) is 0 Å². The molecule has 0 bridgehead atoms. The standard InChI is InChI=1S/C13H12BrClS/c14-13-9-7-11(16-13)6-8-12(15)10-4-2-1-3-5-10/h1-5,7,9,12H,6,8H2. The first-order chi connectivity index (χ1) is 7.75. The van der Waals surface area contributed by atoms with Crippen LogP contribution in [-0.4, -0.2) is 0 Å². The Balaban J connectivity index is 1.91. The molecule has 0 saturated carbocycles. The second-order valence-electron chi connectivity index (χ2n) is 3.62. The lowest BCUT2D eigenvalue weighted by Gasteiger charge is -2.08. The van der Waals surface area contributed by atoms with Crippen LogP contribution in [0.3, 0.4) is 0 Å². The van der Waals surface area contributed by atoms with Gasteiger partial charge >= 0.3 is 0 Å². The molecule has 0 radical (unpaired) electrons. The molecule has 0 fully saturated rings. The zero-order valence-electron chi connectivity index (χ0n) is 8.70. The number of benzene rings is 1. The quantitative estimate of drug-likeness (QED) is 0.661. The summed E-state index contributed by atoms with van der Waals surface area (Å²) in [6.07, 6.45) is 2.03. The molecule has 84 valence electrons. The molecular formula is C13H12BrClS. The van der Waals surface area contributed by atoms with Crippen molar-refractivity contribution < 1.29 is 0 Å². The highest BCUT2D eigenvalue weighted by Crippen LogP contribution is 2.29. The minimum Gasteiger partial charge on any atom is -0.133 e. The first-order valence-corrected chi connectivity index (χ1v) is 7.23. The third-order valence-electron chi connectivity index (χ3n) is 2.43. The molecule has 1 unspecified atom stereocenters. The van der Waals surface area contributed by atoms with E-state index in [1.54, 1.807) is 11.3 Å². The Morgan fingerprint density at radius 2 is 1.88 bits per heavy atom. The van der Waals surface area contributed by atoms with Crippen LogP contribution < -0.4 is 0 Å². The molecule has 3 heteroatoms. The van der Waals surface area contributed by atoms with E-state index in [0.29, 0.717) is 0 Å². The van der Waals surface area contributed by atoms with E-state index < -0.39 is 0 Å². The first-order valence-electron chi connectivity index (χ1n) is 5.19. The normalized spacial score (nSPS) is 12.6. The lowest BCUT2D eigenvalue weighted by atomic mass is 10.1. The van der Waals surface area contributed by atoms with Crippen LogP contribution in [0.5, 0.6) is 0 Å². The summed E-state index contributed by atoms with van der Waals surface area (Å²) in [4.78, 5) is 1.38. The van der Waals surface area contributed by atoms with E-state index in [2.05, 4.69) is 40.2 Å². The maximum atomic E-state index is 6.36. The van der Waals surface area contributed by atoms with E-state index >= 15 is 0 Å². The average Bonchev–Trinajstić information content (AvgIpc) is 2.73. The van der Waals surface area contributed by atoms with Crippen molar-refractivity contribution in [3.63, 3.8) is 0 Å². The van der Waals surface area contributed by atoms with E-state index in [1.165, 1.54) is 14.2 Å². The minimum atomic E-state index is 0.113. The number of thiophene rings is 1. The van der Waals surface area contributed by atoms with Gasteiger partial charge in [-0.1, -0.05) is 30.3 Å². The number of alkyl halides is 1. The van der Waals surface area contributed by atoms with Gasteiger partial charge in [0, 0.05) is 4.88 Å². The Morgan fingerprint density at radius 1 is 1.12 bits per heavy atom. The molecule has 2 rings (SSSR count). The third-order valence-corrected chi connectivity index (χ3v) is 4.59. The number of halogens is 2. The molecule has 0 spiro atoms. The zero-order chi connectivity index (χ0) is 11.4. The fraction of sp³-hybridized carbons (Fsp3) is 0.231. The number of rotatable bonds is 4. The van der Waals surface area contributed by atoms with Gasteiger partial charge in [-0.25, -0.2) is 0 Å². The first kappa shape index (κ1) is 12.2. The van der Waals surface area contributed by atoms with Crippen LogP contribution in [0.1, 0.15) is 22.2 Å². The molecule has 0 amide bonds. The number of hydrogen-bond acceptors (Lipinski definition) is 1. The van der Waals surface area contributed by atoms with Crippen LogP contribution in [-0.2, 0) is 6.42 Å². The Kier molecular flexibility index (Phi) is 4.45. The molecule has 0 aliphatic carbocycles. The third kappa shape index (κ3) is 3.34. The molecule has 16 heavy (non-hydrogen) atoms. The van der Waals surface area contributed by atoms with Gasteiger partial charge in [0.25, 0.3) is 0 Å². The number of hydrogen-bond donors (Lipinski definition) is 0. The summed E-state index contributed by atoms with van der Waals surface area (Å²) in [5.74, 6) is 0. The molecule has 0 aliphatic heterocycles. The molecule has 1 aromatic carbocycles. The molecule has 0 nitrogen and oxygen atoms in total. The molecule has 2 aromatic rings. The monoisotopic (exact) mass is 314 g/mol. The number of aryl methyl sites for hydroxylation is 1. The maximum Gasteiger partial charge on any atom is 0.0701 e. The Hall–Kier alpha value is -0.310. The molecular weight excluding hydrogens is 304 g/mol. The van der Waals surface area contributed by atoms with Crippen LogP contribution in [0.2, 0.25) is 0 Å². The summed E-state index contributed by atoms with van der Waals surface area (Å²) >= 11 is 11.6. The largest absolute Gasteiger partial charge is 0.133 e. The second kappa shape index (κ2) is 5.85. The van der Waals surface area contributed by atoms with Crippen LogP contribution in [0, 0.1) is 0 Å². The fourth-order valence-electron chi connectivity index (χ4n) is 1.58. The Morgan fingerprint density at radius 3 is 2.50 bits per heavy atom. The van der Waals surface area contributed by atoms with Gasteiger partial charge in [0.1, 0.15) is 0 Å². The fourth-order valence-corrected chi connectivity index (χ4v) is 3.34. The van der Waals surface area contributed by atoms with Gasteiger partial charge in [0.05, 0.1) is 9.16 Å². The topological polar surface area (TPSA) is 0 Å². The minimum absolute atomic E-state index is 0.113. The van der Waals surface area contributed by atoms with Gasteiger partial charge in [-0.05, 0) is 46.5 Å². The smallest absolute Gasteiger partial charge is 0.0701 e. The highest BCUT2D eigenvalue weighted by Gasteiger charge is 2.08. The van der Waals surface area contributed by atoms with Crippen molar-refractivity contribution in [3.05, 3.63) is 56.7 Å². The predicted molar refractivity (Wildman–Crippen MR) is 75.4 cm³/mol. The van der Waals surface area contributed by atoms with E-state index in [4.69, 9.17) is 11.6 Å². The van der Waals surface area contributed by atoms with E-state index in [0.717, 1.165) is 12.8 Å². The summed E-state index contributed by atoms with van der Waals surface area (Å²) in [5, 5.41) is 0.113. The van der Waals surface area contributed by atoms with Gasteiger partial charge in [0.2, 0.25) is 0 Å². The summed E-state index contributed by atoms with van der Waals surface area (Å²) in [5.41, 5.74) is 1.21. The Labute approximate surface area is 113 Å². The van der Waals surface area contributed by atoms with Crippen LogP contribution >= 0.6 is 38.9 Å². The Bertz CT molecular complexity index is 438. The molecule has 1 atom stereocenters. The van der Waals surface area contributed by atoms with E-state index in [9.17, 15) is 0 Å².